The van der Waals surface area contributed by atoms with Gasteiger partial charge < -0.3 is 5.73 Å². The van der Waals surface area contributed by atoms with Gasteiger partial charge in [-0.15, -0.1) is 0 Å². The molecule has 0 saturated carbocycles. The predicted molar refractivity (Wildman–Crippen MR) is 73.0 cm³/mol. The lowest BCUT2D eigenvalue weighted by Gasteiger charge is -2.01. The first-order chi connectivity index (χ1) is 6.63. The van der Waals surface area contributed by atoms with Crippen LogP contribution in [-0.2, 0) is 0 Å². The van der Waals surface area contributed by atoms with E-state index in [4.69, 9.17) is 5.73 Å². The van der Waals surface area contributed by atoms with Gasteiger partial charge in [0.2, 0.25) is 0 Å². The Labute approximate surface area is 106 Å². The Bertz CT molecular complexity index is 350. The van der Waals surface area contributed by atoms with Crippen LogP contribution in [-0.4, -0.2) is 5.84 Å². The van der Waals surface area contributed by atoms with Gasteiger partial charge >= 0.3 is 0 Å². The molecule has 0 atom stereocenters. The van der Waals surface area contributed by atoms with Crippen LogP contribution in [0.5, 0.6) is 0 Å². The van der Waals surface area contributed by atoms with E-state index < -0.39 is 0 Å². The van der Waals surface area contributed by atoms with Crippen molar-refractivity contribution in [2.24, 2.45) is 10.7 Å². The van der Waals surface area contributed by atoms with Gasteiger partial charge in [0.1, 0.15) is 0 Å². The summed E-state index contributed by atoms with van der Waals surface area (Å²) in [5.74, 6) is 0.690. The van der Waals surface area contributed by atoms with E-state index in [0.717, 1.165) is 26.6 Å². The molecule has 0 aliphatic carbocycles. The van der Waals surface area contributed by atoms with Gasteiger partial charge in [-0.2, -0.15) is 0 Å². The third-order valence-electron chi connectivity index (χ3n) is 1.68. The maximum absolute atomic E-state index is 5.76. The number of benzene rings is 1. The second-order valence-corrected chi connectivity index (χ2v) is 5.05. The Kier molecular flexibility index (Phi) is 4.88. The molecule has 76 valence electrons. The molecule has 14 heavy (non-hydrogen) atoms. The molecule has 0 fully saturated rings. The topological polar surface area (TPSA) is 38.4 Å². The van der Waals surface area contributed by atoms with E-state index in [1.807, 2.05) is 18.2 Å². The van der Waals surface area contributed by atoms with Crippen LogP contribution in [0.2, 0.25) is 0 Å². The number of amidine groups is 1. The molecule has 2 N–H and O–H groups in total. The minimum atomic E-state index is 0.690. The molecule has 0 heterocycles. The lowest BCUT2D eigenvalue weighted by Crippen LogP contribution is -2.09. The Balaban J connectivity index is 2.95. The summed E-state index contributed by atoms with van der Waals surface area (Å²) >= 11 is 5.70. The quantitative estimate of drug-likeness (QED) is 0.492. The van der Waals surface area contributed by atoms with Crippen molar-refractivity contribution >= 4 is 50.0 Å². The van der Waals surface area contributed by atoms with Gasteiger partial charge in [-0.25, -0.2) is 4.99 Å². The summed E-state index contributed by atoms with van der Waals surface area (Å²) in [4.78, 5) is 4.35. The second-order valence-electron chi connectivity index (χ2n) is 2.95. The minimum absolute atomic E-state index is 0.690. The molecule has 1 rings (SSSR count). The molecule has 0 spiro atoms. The number of nitrogens with two attached hydrogens (primary N) is 1. The molecule has 0 amide bonds. The lowest BCUT2D eigenvalue weighted by atomic mass is 10.3. The zero-order valence-corrected chi connectivity index (χ0v) is 11.7. The first kappa shape index (κ1) is 12.0. The second kappa shape index (κ2) is 5.70. The highest BCUT2D eigenvalue weighted by atomic mass is 127. The van der Waals surface area contributed by atoms with Crippen LogP contribution in [0, 0.1) is 3.57 Å². The van der Waals surface area contributed by atoms with Crippen molar-refractivity contribution in [3.63, 3.8) is 0 Å². The third kappa shape index (κ3) is 3.57. The van der Waals surface area contributed by atoms with Crippen LogP contribution < -0.4 is 5.73 Å². The van der Waals surface area contributed by atoms with E-state index in [-0.39, 0.29) is 0 Å². The molecule has 0 aromatic heterocycles. The normalized spacial score (nSPS) is 11.8. The number of hydrogen-bond acceptors (Lipinski definition) is 1. The fourth-order valence-electron chi connectivity index (χ4n) is 1.04. The molecule has 2 nitrogen and oxygen atoms in total. The molecule has 0 aliphatic rings. The fraction of sp³-hybridized carbons (Fsp3) is 0.300. The largest absolute Gasteiger partial charge is 0.387 e. The van der Waals surface area contributed by atoms with Crippen molar-refractivity contribution in [3.05, 3.63) is 26.2 Å². The van der Waals surface area contributed by atoms with Gasteiger partial charge in [0.05, 0.1) is 11.5 Å². The fourth-order valence-corrected chi connectivity index (χ4v) is 1.85. The van der Waals surface area contributed by atoms with Gasteiger partial charge in [-0.1, -0.05) is 6.92 Å². The van der Waals surface area contributed by atoms with Gasteiger partial charge in [-0.3, -0.25) is 0 Å². The first-order valence-electron chi connectivity index (χ1n) is 4.41. The molecule has 1 aromatic rings. The highest BCUT2D eigenvalue weighted by molar-refractivity contribution is 14.1. The van der Waals surface area contributed by atoms with E-state index >= 15 is 0 Å². The van der Waals surface area contributed by atoms with Gasteiger partial charge in [0.25, 0.3) is 0 Å². The predicted octanol–water partition coefficient (Wildman–Crippen LogP) is 3.84. The molecule has 4 heteroatoms. The molecular weight excluding hydrogens is 355 g/mol. The molecule has 0 radical (unpaired) electrons. The molecule has 0 unspecified atom stereocenters. The highest BCUT2D eigenvalue weighted by Crippen LogP contribution is 2.27. The van der Waals surface area contributed by atoms with Crippen molar-refractivity contribution in [2.75, 3.05) is 0 Å². The zero-order valence-electron chi connectivity index (χ0n) is 7.93. The molecule has 0 saturated heterocycles. The van der Waals surface area contributed by atoms with Crippen LogP contribution >= 0.6 is 38.5 Å². The summed E-state index contributed by atoms with van der Waals surface area (Å²) in [5.41, 5.74) is 6.67. The van der Waals surface area contributed by atoms with Crippen LogP contribution in [0.15, 0.2) is 27.7 Å². The van der Waals surface area contributed by atoms with Crippen molar-refractivity contribution in [2.45, 2.75) is 19.8 Å². The van der Waals surface area contributed by atoms with Crippen LogP contribution in [0.3, 0.4) is 0 Å². The number of hydrogen-bond donors (Lipinski definition) is 1. The maximum atomic E-state index is 5.76. The Hall–Kier alpha value is -0.100. The minimum Gasteiger partial charge on any atom is -0.387 e. The third-order valence-corrected chi connectivity index (χ3v) is 3.02. The summed E-state index contributed by atoms with van der Waals surface area (Å²) in [6, 6.07) is 6.02. The summed E-state index contributed by atoms with van der Waals surface area (Å²) in [7, 11) is 0. The number of halogens is 2. The maximum Gasteiger partial charge on any atom is 0.0996 e. The summed E-state index contributed by atoms with van der Waals surface area (Å²) in [6.07, 6.45) is 1.87. The van der Waals surface area contributed by atoms with E-state index in [2.05, 4.69) is 50.4 Å². The highest BCUT2D eigenvalue weighted by Gasteiger charge is 1.99. The lowest BCUT2D eigenvalue weighted by molar-refractivity contribution is 0.983. The number of aliphatic imine (C=N–C) groups is 1. The first-order valence-corrected chi connectivity index (χ1v) is 6.28. The van der Waals surface area contributed by atoms with E-state index in [9.17, 15) is 0 Å². The van der Waals surface area contributed by atoms with E-state index in [0.29, 0.717) is 5.84 Å². The summed E-state index contributed by atoms with van der Waals surface area (Å²) in [5, 5.41) is 0. The van der Waals surface area contributed by atoms with Crippen LogP contribution in [0.25, 0.3) is 0 Å². The van der Waals surface area contributed by atoms with E-state index in [1.54, 1.807) is 0 Å². The van der Waals surface area contributed by atoms with Gasteiger partial charge in [0, 0.05) is 14.5 Å². The Morgan fingerprint density at radius 1 is 1.57 bits per heavy atom. The average molecular weight is 367 g/mol. The Morgan fingerprint density at radius 3 is 2.93 bits per heavy atom. The molecular formula is C10H12BrIN2. The van der Waals surface area contributed by atoms with Crippen LogP contribution in [0.4, 0.5) is 5.69 Å². The van der Waals surface area contributed by atoms with Crippen molar-refractivity contribution in [1.82, 2.24) is 0 Å². The van der Waals surface area contributed by atoms with Gasteiger partial charge in [0.15, 0.2) is 0 Å². The molecule has 1 aromatic carbocycles. The summed E-state index contributed by atoms with van der Waals surface area (Å²) in [6.45, 7) is 2.09. The van der Waals surface area contributed by atoms with Gasteiger partial charge in [-0.05, 0) is 63.1 Å². The van der Waals surface area contributed by atoms with Crippen molar-refractivity contribution < 1.29 is 0 Å². The molecule has 0 bridgehead atoms. The standard InChI is InChI=1S/C10H12BrIN2/c1-2-3-10(13)14-9-6-7(12)4-5-8(9)11/h4-6H,2-3H2,1H3,(H2,13,14). The summed E-state index contributed by atoms with van der Waals surface area (Å²) < 4.78 is 2.14. The number of nitrogens with zero attached hydrogens (tertiary/aromatic N) is 1. The zero-order chi connectivity index (χ0) is 10.6. The smallest absolute Gasteiger partial charge is 0.0996 e. The average Bonchev–Trinajstić information content (AvgIpc) is 2.12. The van der Waals surface area contributed by atoms with Crippen molar-refractivity contribution in [3.8, 4) is 0 Å². The SMILES string of the molecule is CCCC(N)=Nc1cc(I)ccc1Br. The Morgan fingerprint density at radius 2 is 2.29 bits per heavy atom. The van der Waals surface area contributed by atoms with E-state index in [1.165, 1.54) is 0 Å². The van der Waals surface area contributed by atoms with Crippen molar-refractivity contribution in [1.29, 1.82) is 0 Å². The van der Waals surface area contributed by atoms with Crippen LogP contribution in [0.1, 0.15) is 19.8 Å². The number of rotatable bonds is 3. The molecule has 0 aliphatic heterocycles. The monoisotopic (exact) mass is 366 g/mol.